The van der Waals surface area contributed by atoms with Gasteiger partial charge in [0.1, 0.15) is 0 Å². The standard InChI is InChI=1S/C19H21N3O/c23-19(18-8-10-20-11-9-18)22-15-13-21(14-16-22)12-4-7-17-5-2-1-3-6-17/h1-11H,12-16H2. The van der Waals surface area contributed by atoms with Crippen LogP contribution in [0.5, 0.6) is 0 Å². The van der Waals surface area contributed by atoms with E-state index in [0.717, 1.165) is 38.3 Å². The predicted molar refractivity (Wildman–Crippen MR) is 92.1 cm³/mol. The van der Waals surface area contributed by atoms with Crippen LogP contribution in [0, 0.1) is 0 Å². The molecule has 0 radical (unpaired) electrons. The topological polar surface area (TPSA) is 36.4 Å². The predicted octanol–water partition coefficient (Wildman–Crippen LogP) is 2.55. The van der Waals surface area contributed by atoms with Gasteiger partial charge in [0.05, 0.1) is 0 Å². The summed E-state index contributed by atoms with van der Waals surface area (Å²) in [6.07, 6.45) is 7.67. The number of nitrogens with zero attached hydrogens (tertiary/aromatic N) is 3. The zero-order valence-electron chi connectivity index (χ0n) is 13.1. The van der Waals surface area contributed by atoms with E-state index < -0.39 is 0 Å². The summed E-state index contributed by atoms with van der Waals surface area (Å²) >= 11 is 0. The first kappa shape index (κ1) is 15.4. The summed E-state index contributed by atoms with van der Waals surface area (Å²) in [4.78, 5) is 20.6. The number of hydrogen-bond donors (Lipinski definition) is 0. The Morgan fingerprint density at radius 3 is 2.39 bits per heavy atom. The van der Waals surface area contributed by atoms with Crippen molar-refractivity contribution in [3.8, 4) is 0 Å². The Hall–Kier alpha value is -2.46. The van der Waals surface area contributed by atoms with E-state index in [1.165, 1.54) is 5.56 Å². The number of amides is 1. The van der Waals surface area contributed by atoms with Crippen molar-refractivity contribution in [1.82, 2.24) is 14.8 Å². The highest BCUT2D eigenvalue weighted by atomic mass is 16.2. The first-order valence-electron chi connectivity index (χ1n) is 7.96. The Morgan fingerprint density at radius 1 is 1.00 bits per heavy atom. The van der Waals surface area contributed by atoms with Crippen LogP contribution in [0.25, 0.3) is 6.08 Å². The first-order valence-corrected chi connectivity index (χ1v) is 7.96. The van der Waals surface area contributed by atoms with Gasteiger partial charge >= 0.3 is 0 Å². The van der Waals surface area contributed by atoms with Gasteiger partial charge in [0.15, 0.2) is 0 Å². The second kappa shape index (κ2) is 7.70. The van der Waals surface area contributed by atoms with Gasteiger partial charge in [0.2, 0.25) is 0 Å². The fourth-order valence-electron chi connectivity index (χ4n) is 2.71. The third kappa shape index (κ3) is 4.27. The molecule has 2 aromatic rings. The molecule has 3 rings (SSSR count). The highest BCUT2D eigenvalue weighted by Gasteiger charge is 2.21. The van der Waals surface area contributed by atoms with Gasteiger partial charge < -0.3 is 4.90 Å². The SMILES string of the molecule is O=C(c1ccncc1)N1CCN(CC=Cc2ccccc2)CC1. The number of piperazine rings is 1. The molecule has 1 aliphatic rings. The van der Waals surface area contributed by atoms with Crippen molar-refractivity contribution in [2.75, 3.05) is 32.7 Å². The van der Waals surface area contributed by atoms with Crippen LogP contribution in [0.3, 0.4) is 0 Å². The Balaban J connectivity index is 1.47. The minimum Gasteiger partial charge on any atom is -0.336 e. The van der Waals surface area contributed by atoms with Gasteiger partial charge in [0.25, 0.3) is 5.91 Å². The molecule has 118 valence electrons. The van der Waals surface area contributed by atoms with E-state index in [9.17, 15) is 4.79 Å². The summed E-state index contributed by atoms with van der Waals surface area (Å²) in [5.74, 6) is 0.104. The van der Waals surface area contributed by atoms with E-state index in [4.69, 9.17) is 0 Å². The third-order valence-corrected chi connectivity index (χ3v) is 4.06. The molecule has 1 aliphatic heterocycles. The lowest BCUT2D eigenvalue weighted by atomic mass is 10.2. The molecule has 1 aromatic heterocycles. The summed E-state index contributed by atoms with van der Waals surface area (Å²) < 4.78 is 0. The molecule has 0 unspecified atom stereocenters. The van der Waals surface area contributed by atoms with Crippen molar-refractivity contribution in [2.24, 2.45) is 0 Å². The van der Waals surface area contributed by atoms with Crippen LogP contribution in [-0.2, 0) is 0 Å². The van der Waals surface area contributed by atoms with Crippen molar-refractivity contribution in [3.63, 3.8) is 0 Å². The van der Waals surface area contributed by atoms with Crippen molar-refractivity contribution < 1.29 is 4.79 Å². The number of hydrogen-bond acceptors (Lipinski definition) is 3. The van der Waals surface area contributed by atoms with Crippen LogP contribution in [-0.4, -0.2) is 53.4 Å². The normalized spacial score (nSPS) is 15.9. The number of aromatic nitrogens is 1. The summed E-state index contributed by atoms with van der Waals surface area (Å²) in [6.45, 7) is 4.30. The molecule has 0 aliphatic carbocycles. The van der Waals surface area contributed by atoms with Gasteiger partial charge in [-0.2, -0.15) is 0 Å². The van der Waals surface area contributed by atoms with Crippen LogP contribution in [0.2, 0.25) is 0 Å². The maximum atomic E-state index is 12.4. The lowest BCUT2D eigenvalue weighted by Crippen LogP contribution is -2.48. The average molecular weight is 307 g/mol. The van der Waals surface area contributed by atoms with E-state index in [2.05, 4.69) is 34.2 Å². The summed E-state index contributed by atoms with van der Waals surface area (Å²) in [5, 5.41) is 0. The third-order valence-electron chi connectivity index (χ3n) is 4.06. The van der Waals surface area contributed by atoms with Crippen LogP contribution < -0.4 is 0 Å². The Bertz CT molecular complexity index is 647. The molecular formula is C19H21N3O. The van der Waals surface area contributed by atoms with Gasteiger partial charge in [-0.15, -0.1) is 0 Å². The van der Waals surface area contributed by atoms with E-state index in [0.29, 0.717) is 0 Å². The van der Waals surface area contributed by atoms with Crippen molar-refractivity contribution >= 4 is 12.0 Å². The number of carbonyl (C=O) groups is 1. The fraction of sp³-hybridized carbons (Fsp3) is 0.263. The zero-order chi connectivity index (χ0) is 15.9. The first-order chi connectivity index (χ1) is 11.3. The molecular weight excluding hydrogens is 286 g/mol. The monoisotopic (exact) mass is 307 g/mol. The molecule has 23 heavy (non-hydrogen) atoms. The maximum Gasteiger partial charge on any atom is 0.254 e. The lowest BCUT2D eigenvalue weighted by molar-refractivity contribution is 0.0650. The van der Waals surface area contributed by atoms with Crippen LogP contribution in [0.15, 0.2) is 60.9 Å². The van der Waals surface area contributed by atoms with Crippen molar-refractivity contribution in [3.05, 3.63) is 72.1 Å². The van der Waals surface area contributed by atoms with Gasteiger partial charge in [-0.3, -0.25) is 14.7 Å². The quantitative estimate of drug-likeness (QED) is 0.871. The minimum absolute atomic E-state index is 0.104. The molecule has 1 aromatic carbocycles. The second-order valence-electron chi connectivity index (χ2n) is 5.64. The molecule has 1 amide bonds. The summed E-state index contributed by atoms with van der Waals surface area (Å²) in [5.41, 5.74) is 1.94. The average Bonchev–Trinajstić information content (AvgIpc) is 2.63. The molecule has 1 fully saturated rings. The van der Waals surface area contributed by atoms with Gasteiger partial charge in [0, 0.05) is 50.7 Å². The highest BCUT2D eigenvalue weighted by Crippen LogP contribution is 2.08. The molecule has 0 bridgehead atoms. The Kier molecular flexibility index (Phi) is 5.17. The Labute approximate surface area is 137 Å². The highest BCUT2D eigenvalue weighted by molar-refractivity contribution is 5.94. The molecule has 4 heteroatoms. The maximum absolute atomic E-state index is 12.4. The zero-order valence-corrected chi connectivity index (χ0v) is 13.1. The van der Waals surface area contributed by atoms with E-state index in [-0.39, 0.29) is 5.91 Å². The fourth-order valence-corrected chi connectivity index (χ4v) is 2.71. The Morgan fingerprint density at radius 2 is 1.70 bits per heavy atom. The summed E-state index contributed by atoms with van der Waals surface area (Å²) in [7, 11) is 0. The summed E-state index contributed by atoms with van der Waals surface area (Å²) in [6, 6.07) is 13.9. The van der Waals surface area contributed by atoms with Gasteiger partial charge in [-0.1, -0.05) is 42.5 Å². The number of carbonyl (C=O) groups excluding carboxylic acids is 1. The van der Waals surface area contributed by atoms with E-state index >= 15 is 0 Å². The second-order valence-corrected chi connectivity index (χ2v) is 5.64. The molecule has 0 N–H and O–H groups in total. The smallest absolute Gasteiger partial charge is 0.254 e. The van der Waals surface area contributed by atoms with Gasteiger partial charge in [-0.25, -0.2) is 0 Å². The lowest BCUT2D eigenvalue weighted by Gasteiger charge is -2.34. The largest absolute Gasteiger partial charge is 0.336 e. The molecule has 0 spiro atoms. The molecule has 2 heterocycles. The number of pyridine rings is 1. The van der Waals surface area contributed by atoms with Crippen molar-refractivity contribution in [1.29, 1.82) is 0 Å². The van der Waals surface area contributed by atoms with Crippen molar-refractivity contribution in [2.45, 2.75) is 0 Å². The van der Waals surface area contributed by atoms with E-state index in [1.807, 2.05) is 23.1 Å². The molecule has 0 saturated carbocycles. The molecule has 4 nitrogen and oxygen atoms in total. The van der Waals surface area contributed by atoms with Crippen LogP contribution >= 0.6 is 0 Å². The minimum atomic E-state index is 0.104. The number of rotatable bonds is 4. The number of benzene rings is 1. The van der Waals surface area contributed by atoms with Crippen LogP contribution in [0.1, 0.15) is 15.9 Å². The molecule has 1 saturated heterocycles. The van der Waals surface area contributed by atoms with Gasteiger partial charge in [-0.05, 0) is 17.7 Å². The molecule has 0 atom stereocenters. The van der Waals surface area contributed by atoms with Crippen LogP contribution in [0.4, 0.5) is 0 Å². The van der Waals surface area contributed by atoms with E-state index in [1.54, 1.807) is 24.5 Å².